The summed E-state index contributed by atoms with van der Waals surface area (Å²) in [5.74, 6) is 0.391. The predicted octanol–water partition coefficient (Wildman–Crippen LogP) is 4.94. The molecule has 9 heteroatoms. The minimum absolute atomic E-state index is 0.0463. The zero-order valence-electron chi connectivity index (χ0n) is 14.6. The van der Waals surface area contributed by atoms with Crippen LogP contribution >= 0.6 is 11.8 Å². The second-order valence-corrected chi connectivity index (χ2v) is 7.45. The van der Waals surface area contributed by atoms with Crippen LogP contribution in [0.15, 0.2) is 47.6 Å². The Morgan fingerprint density at radius 3 is 2.70 bits per heavy atom. The molecule has 0 fully saturated rings. The molecule has 0 spiro atoms. The third-order valence-electron chi connectivity index (χ3n) is 3.82. The number of amidine groups is 1. The zero-order chi connectivity index (χ0) is 19.6. The molecule has 3 rings (SSSR count). The highest BCUT2D eigenvalue weighted by molar-refractivity contribution is 8.15. The van der Waals surface area contributed by atoms with Gasteiger partial charge in [0.05, 0.1) is 12.1 Å². The van der Waals surface area contributed by atoms with Gasteiger partial charge in [0.1, 0.15) is 5.82 Å². The van der Waals surface area contributed by atoms with Crippen LogP contribution in [0.25, 0.3) is 0 Å². The summed E-state index contributed by atoms with van der Waals surface area (Å²) in [4.78, 5) is 22.9. The summed E-state index contributed by atoms with van der Waals surface area (Å²) in [5, 5.41) is 3.19. The molecule has 0 saturated carbocycles. The Labute approximate surface area is 158 Å². The molecule has 1 aromatic heterocycles. The quantitative estimate of drug-likeness (QED) is 0.785. The van der Waals surface area contributed by atoms with Crippen LogP contribution < -0.4 is 10.2 Å². The molecule has 1 aliphatic rings. The number of alkyl halides is 3. The number of amides is 2. The monoisotopic (exact) mass is 394 g/mol. The molecule has 1 N–H and O–H groups in total. The van der Waals surface area contributed by atoms with E-state index in [0.29, 0.717) is 17.5 Å². The second-order valence-electron chi connectivity index (χ2n) is 6.04. The molecule has 1 atom stereocenters. The number of nitrogens with zero attached hydrogens (tertiary/aromatic N) is 3. The molecule has 0 bridgehead atoms. The van der Waals surface area contributed by atoms with Gasteiger partial charge in [-0.25, -0.2) is 14.7 Å². The van der Waals surface area contributed by atoms with Crippen molar-refractivity contribution in [2.45, 2.75) is 25.3 Å². The van der Waals surface area contributed by atoms with Crippen LogP contribution in [-0.2, 0) is 6.18 Å². The van der Waals surface area contributed by atoms with Crippen molar-refractivity contribution in [3.8, 4) is 0 Å². The average Bonchev–Trinajstić information content (AvgIpc) is 3.02. The van der Waals surface area contributed by atoms with Crippen molar-refractivity contribution in [2.24, 2.45) is 4.99 Å². The fraction of sp³-hybridized carbons (Fsp3) is 0.278. The number of hydrogen-bond acceptors (Lipinski definition) is 4. The van der Waals surface area contributed by atoms with E-state index < -0.39 is 17.8 Å². The number of rotatable bonds is 2. The summed E-state index contributed by atoms with van der Waals surface area (Å²) in [6.07, 6.45) is -2.94. The van der Waals surface area contributed by atoms with Gasteiger partial charge in [0.25, 0.3) is 0 Å². The molecule has 2 amide bonds. The van der Waals surface area contributed by atoms with E-state index in [9.17, 15) is 18.0 Å². The van der Waals surface area contributed by atoms with Crippen molar-refractivity contribution in [1.82, 2.24) is 4.98 Å². The maximum Gasteiger partial charge on any atom is 0.416 e. The maximum absolute atomic E-state index is 12.9. The molecule has 27 heavy (non-hydrogen) atoms. The number of anilines is 2. The summed E-state index contributed by atoms with van der Waals surface area (Å²) in [7, 11) is 0. The Balaban J connectivity index is 1.92. The summed E-state index contributed by atoms with van der Waals surface area (Å²) >= 11 is 1.42. The number of aryl methyl sites for hydroxylation is 1. The van der Waals surface area contributed by atoms with Gasteiger partial charge < -0.3 is 5.32 Å². The topological polar surface area (TPSA) is 57.6 Å². The number of aliphatic imine (C=N–C) groups is 1. The van der Waals surface area contributed by atoms with Crippen LogP contribution in [0.2, 0.25) is 0 Å². The number of thioether (sulfide) groups is 1. The van der Waals surface area contributed by atoms with Gasteiger partial charge in [-0.2, -0.15) is 13.2 Å². The number of hydrogen-bond donors (Lipinski definition) is 1. The Hall–Kier alpha value is -2.55. The molecule has 142 valence electrons. The number of urea groups is 1. The lowest BCUT2D eigenvalue weighted by Crippen LogP contribution is -2.39. The third-order valence-corrected chi connectivity index (χ3v) is 4.89. The lowest BCUT2D eigenvalue weighted by atomic mass is 10.2. The van der Waals surface area contributed by atoms with Gasteiger partial charge in [-0.3, -0.25) is 4.99 Å². The van der Waals surface area contributed by atoms with Crippen LogP contribution in [0, 0.1) is 6.92 Å². The van der Waals surface area contributed by atoms with E-state index in [0.717, 1.165) is 17.7 Å². The van der Waals surface area contributed by atoms with Crippen molar-refractivity contribution in [3.63, 3.8) is 0 Å². The molecule has 0 saturated heterocycles. The molecule has 2 heterocycles. The van der Waals surface area contributed by atoms with Gasteiger partial charge in [0.2, 0.25) is 0 Å². The molecular formula is C18H17F3N4OS. The first-order chi connectivity index (χ1) is 12.8. The summed E-state index contributed by atoms with van der Waals surface area (Å²) in [6, 6.07) is 7.44. The van der Waals surface area contributed by atoms with Crippen LogP contribution in [0.1, 0.15) is 18.1 Å². The Morgan fingerprint density at radius 1 is 1.30 bits per heavy atom. The Morgan fingerprint density at radius 2 is 2.07 bits per heavy atom. The van der Waals surface area contributed by atoms with Gasteiger partial charge in [-0.1, -0.05) is 30.8 Å². The minimum atomic E-state index is -4.49. The number of carbonyl (C=O) groups is 1. The molecule has 0 radical (unpaired) electrons. The van der Waals surface area contributed by atoms with Crippen molar-refractivity contribution < 1.29 is 18.0 Å². The van der Waals surface area contributed by atoms with E-state index >= 15 is 0 Å². The third kappa shape index (κ3) is 4.41. The fourth-order valence-corrected chi connectivity index (χ4v) is 3.46. The van der Waals surface area contributed by atoms with Crippen molar-refractivity contribution >= 4 is 34.5 Å². The number of aromatic nitrogens is 1. The molecule has 1 aliphatic heterocycles. The van der Waals surface area contributed by atoms with E-state index in [1.807, 2.05) is 6.92 Å². The standard InChI is InChI=1S/C18H17F3N4OS/c1-11-5-4-8-22-15(11)25(17-23-10-12(2)27-17)16(26)24-14-7-3-6-13(9-14)18(19,20)21/h3-9,12H,10H2,1-2H3,(H,24,26)/t12-/m0/s1. The fourth-order valence-electron chi connectivity index (χ4n) is 2.52. The molecule has 0 aliphatic carbocycles. The first-order valence-corrected chi connectivity index (χ1v) is 9.05. The first-order valence-electron chi connectivity index (χ1n) is 8.17. The SMILES string of the molecule is Cc1cccnc1N(C(=O)Nc1cccc(C(F)(F)F)c1)C1=NC[C@H](C)S1. The molecule has 0 unspecified atom stereocenters. The highest BCUT2D eigenvalue weighted by atomic mass is 32.2. The van der Waals surface area contributed by atoms with Gasteiger partial charge >= 0.3 is 12.2 Å². The van der Waals surface area contributed by atoms with E-state index in [1.165, 1.54) is 28.8 Å². The first kappa shape index (κ1) is 19.2. The minimum Gasteiger partial charge on any atom is -0.307 e. The van der Waals surface area contributed by atoms with Gasteiger partial charge in [-0.05, 0) is 36.8 Å². The number of carbonyl (C=O) groups excluding carboxylic acids is 1. The number of nitrogens with one attached hydrogen (secondary N) is 1. The van der Waals surface area contributed by atoms with Crippen molar-refractivity contribution in [2.75, 3.05) is 16.8 Å². The average molecular weight is 394 g/mol. The van der Waals surface area contributed by atoms with E-state index in [-0.39, 0.29) is 10.9 Å². The normalized spacial score (nSPS) is 16.8. The number of benzene rings is 1. The largest absolute Gasteiger partial charge is 0.416 e. The smallest absolute Gasteiger partial charge is 0.307 e. The van der Waals surface area contributed by atoms with Crippen LogP contribution in [0.3, 0.4) is 0 Å². The Kier molecular flexibility index (Phi) is 5.41. The van der Waals surface area contributed by atoms with Gasteiger partial charge in [-0.15, -0.1) is 0 Å². The number of pyridine rings is 1. The molecule has 5 nitrogen and oxygen atoms in total. The summed E-state index contributed by atoms with van der Waals surface area (Å²) in [5.41, 5.74) is -0.0355. The molecular weight excluding hydrogens is 377 g/mol. The maximum atomic E-state index is 12.9. The highest BCUT2D eigenvalue weighted by Crippen LogP contribution is 2.32. The lowest BCUT2D eigenvalue weighted by molar-refractivity contribution is -0.137. The van der Waals surface area contributed by atoms with Gasteiger partial charge in [0, 0.05) is 17.1 Å². The molecule has 2 aromatic rings. The van der Waals surface area contributed by atoms with Crippen LogP contribution in [-0.4, -0.2) is 28.0 Å². The highest BCUT2D eigenvalue weighted by Gasteiger charge is 2.32. The second kappa shape index (κ2) is 7.59. The summed E-state index contributed by atoms with van der Waals surface area (Å²) in [6.45, 7) is 4.34. The van der Waals surface area contributed by atoms with Gasteiger partial charge in [0.15, 0.2) is 5.17 Å². The zero-order valence-corrected chi connectivity index (χ0v) is 15.4. The predicted molar refractivity (Wildman–Crippen MR) is 101 cm³/mol. The van der Waals surface area contributed by atoms with E-state index in [2.05, 4.69) is 15.3 Å². The molecule has 1 aromatic carbocycles. The number of halogens is 3. The Bertz CT molecular complexity index is 885. The van der Waals surface area contributed by atoms with Crippen LogP contribution in [0.5, 0.6) is 0 Å². The lowest BCUT2D eigenvalue weighted by Gasteiger charge is -2.23. The van der Waals surface area contributed by atoms with E-state index in [1.54, 1.807) is 25.3 Å². The summed E-state index contributed by atoms with van der Waals surface area (Å²) < 4.78 is 38.7. The van der Waals surface area contributed by atoms with E-state index in [4.69, 9.17) is 0 Å². The van der Waals surface area contributed by atoms with Crippen LogP contribution in [0.4, 0.5) is 29.5 Å². The van der Waals surface area contributed by atoms with Crippen molar-refractivity contribution in [1.29, 1.82) is 0 Å². The van der Waals surface area contributed by atoms with Crippen molar-refractivity contribution in [3.05, 3.63) is 53.7 Å².